The fourth-order valence-corrected chi connectivity index (χ4v) is 5.51. The number of aromatic nitrogens is 2. The number of hydrogen-bond acceptors (Lipinski definition) is 5. The van der Waals surface area contributed by atoms with E-state index in [1.807, 2.05) is 43.9 Å². The molecule has 8 nitrogen and oxygen atoms in total. The first-order valence-corrected chi connectivity index (χ1v) is 13.5. The minimum atomic E-state index is -3.43. The van der Waals surface area contributed by atoms with E-state index in [0.717, 1.165) is 33.8 Å². The lowest BCUT2D eigenvalue weighted by molar-refractivity contribution is 0.0461. The Hall–Kier alpha value is -2.91. The lowest BCUT2D eigenvalue weighted by Gasteiger charge is -2.41. The topological polar surface area (TPSA) is 93.5 Å². The number of piperidine rings is 1. The van der Waals surface area contributed by atoms with Crippen molar-refractivity contribution < 1.29 is 17.9 Å². The minimum Gasteiger partial charge on any atom is -0.447 e. The molecule has 0 bridgehead atoms. The molecule has 1 aliphatic rings. The van der Waals surface area contributed by atoms with Gasteiger partial charge in [0.25, 0.3) is 0 Å². The molecule has 2 aromatic carbocycles. The van der Waals surface area contributed by atoms with Crippen LogP contribution in [0.2, 0.25) is 0 Å². The zero-order valence-corrected chi connectivity index (χ0v) is 20.9. The summed E-state index contributed by atoms with van der Waals surface area (Å²) in [6.45, 7) is 4.16. The van der Waals surface area contributed by atoms with Crippen LogP contribution in [0, 0.1) is 0 Å². The fourth-order valence-electron chi connectivity index (χ4n) is 4.68. The zero-order chi connectivity index (χ0) is 24.5. The van der Waals surface area contributed by atoms with Crippen molar-refractivity contribution in [3.63, 3.8) is 0 Å². The van der Waals surface area contributed by atoms with Gasteiger partial charge in [0.15, 0.2) is 0 Å². The van der Waals surface area contributed by atoms with E-state index in [-0.39, 0.29) is 18.2 Å². The van der Waals surface area contributed by atoms with Gasteiger partial charge in [-0.25, -0.2) is 17.9 Å². The molecule has 1 saturated heterocycles. The molecule has 2 atom stereocenters. The summed E-state index contributed by atoms with van der Waals surface area (Å²) < 4.78 is 34.2. The van der Waals surface area contributed by atoms with E-state index in [1.54, 1.807) is 4.90 Å². The van der Waals surface area contributed by atoms with Gasteiger partial charge in [-0.15, -0.1) is 0 Å². The van der Waals surface area contributed by atoms with Crippen molar-refractivity contribution in [2.45, 2.75) is 51.3 Å². The van der Waals surface area contributed by atoms with Crippen LogP contribution in [-0.2, 0) is 28.2 Å². The number of benzene rings is 2. The lowest BCUT2D eigenvalue weighted by atomic mass is 9.90. The molecule has 1 amide bonds. The molecule has 2 heterocycles. The quantitative estimate of drug-likeness (QED) is 0.576. The Morgan fingerprint density at radius 1 is 1.21 bits per heavy atom. The van der Waals surface area contributed by atoms with Crippen LogP contribution in [0.25, 0.3) is 22.0 Å². The number of carbonyl (C=O) groups is 1. The second kappa shape index (κ2) is 9.76. The Bertz CT molecular complexity index is 1290. The summed E-state index contributed by atoms with van der Waals surface area (Å²) in [4.78, 5) is 14.5. The van der Waals surface area contributed by atoms with Gasteiger partial charge < -0.3 is 9.64 Å². The van der Waals surface area contributed by atoms with Crippen LogP contribution in [0.15, 0.2) is 48.7 Å². The standard InChI is InChI=1S/C25H32N4O4S/c1-17(2)33-25(30)29-12-6-9-22(27-34(4,31)32)24(29)14-18-7-5-8-19(13-18)20-10-11-23-21(15-20)16-26-28(23)3/h5,7-8,10-11,13,15-17,22,24,27H,6,9,12,14H2,1-4H3/t22-,24-/m0/s1. The summed E-state index contributed by atoms with van der Waals surface area (Å²) in [5, 5.41) is 5.39. The highest BCUT2D eigenvalue weighted by molar-refractivity contribution is 7.88. The molecule has 182 valence electrons. The summed E-state index contributed by atoms with van der Waals surface area (Å²) in [5.41, 5.74) is 4.23. The molecule has 34 heavy (non-hydrogen) atoms. The number of nitrogens with one attached hydrogen (secondary N) is 1. The summed E-state index contributed by atoms with van der Waals surface area (Å²) >= 11 is 0. The summed E-state index contributed by atoms with van der Waals surface area (Å²) in [6, 6.07) is 13.7. The highest BCUT2D eigenvalue weighted by atomic mass is 32.2. The van der Waals surface area contributed by atoms with Crippen LogP contribution in [0.1, 0.15) is 32.3 Å². The highest BCUT2D eigenvalue weighted by Crippen LogP contribution is 2.28. The number of carbonyl (C=O) groups excluding carboxylic acids is 1. The van der Waals surface area contributed by atoms with Crippen LogP contribution in [0.3, 0.4) is 0 Å². The molecule has 1 aromatic heterocycles. The van der Waals surface area contributed by atoms with Crippen LogP contribution in [0.4, 0.5) is 4.79 Å². The molecule has 4 rings (SSSR count). The molecule has 0 spiro atoms. The van der Waals surface area contributed by atoms with Crippen molar-refractivity contribution in [3.05, 3.63) is 54.2 Å². The van der Waals surface area contributed by atoms with Crippen molar-refractivity contribution in [2.24, 2.45) is 7.05 Å². The first-order valence-electron chi connectivity index (χ1n) is 11.6. The highest BCUT2D eigenvalue weighted by Gasteiger charge is 2.37. The minimum absolute atomic E-state index is 0.248. The molecule has 1 fully saturated rings. The van der Waals surface area contributed by atoms with Crippen LogP contribution in [0.5, 0.6) is 0 Å². The first-order chi connectivity index (χ1) is 16.1. The molecular weight excluding hydrogens is 452 g/mol. The third kappa shape index (κ3) is 5.59. The fraction of sp³-hybridized carbons (Fsp3) is 0.440. The number of nitrogens with zero attached hydrogens (tertiary/aromatic N) is 3. The van der Waals surface area contributed by atoms with Gasteiger partial charge in [-0.1, -0.05) is 30.3 Å². The maximum atomic E-state index is 12.9. The van der Waals surface area contributed by atoms with E-state index in [4.69, 9.17) is 4.74 Å². The molecule has 0 unspecified atom stereocenters. The van der Waals surface area contributed by atoms with E-state index in [1.165, 1.54) is 0 Å². The lowest BCUT2D eigenvalue weighted by Crippen LogP contribution is -2.58. The van der Waals surface area contributed by atoms with Gasteiger partial charge in [-0.05, 0) is 61.9 Å². The van der Waals surface area contributed by atoms with Crippen LogP contribution in [-0.4, -0.2) is 60.2 Å². The number of hydrogen-bond donors (Lipinski definition) is 1. The van der Waals surface area contributed by atoms with Crippen LogP contribution >= 0.6 is 0 Å². The Kier molecular flexibility index (Phi) is 6.95. The Morgan fingerprint density at radius 2 is 1.97 bits per heavy atom. The number of sulfonamides is 1. The van der Waals surface area contributed by atoms with E-state index in [0.29, 0.717) is 25.8 Å². The predicted octanol–water partition coefficient (Wildman–Crippen LogP) is 3.71. The largest absolute Gasteiger partial charge is 0.447 e. The number of aryl methyl sites for hydroxylation is 1. The Labute approximate surface area is 200 Å². The number of likely N-dealkylation sites (tertiary alicyclic amines) is 1. The maximum Gasteiger partial charge on any atom is 0.410 e. The smallest absolute Gasteiger partial charge is 0.410 e. The van der Waals surface area contributed by atoms with Crippen molar-refractivity contribution in [1.82, 2.24) is 19.4 Å². The van der Waals surface area contributed by atoms with Gasteiger partial charge in [0.1, 0.15) is 0 Å². The van der Waals surface area contributed by atoms with Crippen LogP contribution < -0.4 is 4.72 Å². The summed E-state index contributed by atoms with van der Waals surface area (Å²) in [5.74, 6) is 0. The predicted molar refractivity (Wildman–Crippen MR) is 133 cm³/mol. The maximum absolute atomic E-state index is 12.9. The number of rotatable bonds is 6. The third-order valence-electron chi connectivity index (χ3n) is 6.17. The molecule has 0 saturated carbocycles. The average molecular weight is 485 g/mol. The molecule has 1 N–H and O–H groups in total. The van der Waals surface area contributed by atoms with Gasteiger partial charge >= 0.3 is 6.09 Å². The van der Waals surface area contributed by atoms with Crippen molar-refractivity contribution >= 4 is 27.0 Å². The molecule has 3 aromatic rings. The summed E-state index contributed by atoms with van der Waals surface area (Å²) in [7, 11) is -1.51. The molecule has 1 aliphatic heterocycles. The van der Waals surface area contributed by atoms with E-state index >= 15 is 0 Å². The number of fused-ring (bicyclic) bond motifs is 1. The van der Waals surface area contributed by atoms with Crippen molar-refractivity contribution in [2.75, 3.05) is 12.8 Å². The number of amides is 1. The van der Waals surface area contributed by atoms with Gasteiger partial charge in [-0.2, -0.15) is 5.10 Å². The first kappa shape index (κ1) is 24.2. The van der Waals surface area contributed by atoms with E-state index in [9.17, 15) is 13.2 Å². The zero-order valence-electron chi connectivity index (χ0n) is 20.1. The van der Waals surface area contributed by atoms with E-state index in [2.05, 4.69) is 40.2 Å². The van der Waals surface area contributed by atoms with Gasteiger partial charge in [-0.3, -0.25) is 4.68 Å². The molecule has 9 heteroatoms. The SMILES string of the molecule is CC(C)OC(=O)N1CCC[C@H](NS(C)(=O)=O)[C@@H]1Cc1cccc(-c2ccc3c(cnn3C)c2)c1. The van der Waals surface area contributed by atoms with E-state index < -0.39 is 16.1 Å². The monoisotopic (exact) mass is 484 g/mol. The average Bonchev–Trinajstić information content (AvgIpc) is 3.14. The second-order valence-electron chi connectivity index (χ2n) is 9.28. The molecule has 0 radical (unpaired) electrons. The Balaban J connectivity index is 1.64. The van der Waals surface area contributed by atoms with Gasteiger partial charge in [0, 0.05) is 25.0 Å². The normalized spacial score (nSPS) is 19.0. The molecule has 0 aliphatic carbocycles. The number of ether oxygens (including phenoxy) is 1. The summed E-state index contributed by atoms with van der Waals surface area (Å²) in [6.07, 6.45) is 4.25. The van der Waals surface area contributed by atoms with Gasteiger partial charge in [0.05, 0.1) is 30.1 Å². The Morgan fingerprint density at radius 3 is 2.71 bits per heavy atom. The molecular formula is C25H32N4O4S. The third-order valence-corrected chi connectivity index (χ3v) is 6.90. The van der Waals surface area contributed by atoms with Crippen molar-refractivity contribution in [3.8, 4) is 11.1 Å². The second-order valence-corrected chi connectivity index (χ2v) is 11.1. The van der Waals surface area contributed by atoms with Gasteiger partial charge in [0.2, 0.25) is 10.0 Å². The van der Waals surface area contributed by atoms with Crippen molar-refractivity contribution in [1.29, 1.82) is 0 Å².